The summed E-state index contributed by atoms with van der Waals surface area (Å²) in [6.07, 6.45) is -0.723. The van der Waals surface area contributed by atoms with Crippen molar-refractivity contribution in [1.29, 1.82) is 0 Å². The van der Waals surface area contributed by atoms with Gasteiger partial charge in [0, 0.05) is 19.3 Å². The second-order valence-electron chi connectivity index (χ2n) is 3.88. The van der Waals surface area contributed by atoms with Gasteiger partial charge in [-0.2, -0.15) is 0 Å². The van der Waals surface area contributed by atoms with Gasteiger partial charge >= 0.3 is 0 Å². The van der Waals surface area contributed by atoms with Gasteiger partial charge in [0.15, 0.2) is 9.84 Å². The molecule has 0 saturated heterocycles. The number of anilines is 1. The Labute approximate surface area is 112 Å². The van der Waals surface area contributed by atoms with Gasteiger partial charge in [-0.25, -0.2) is 8.42 Å². The summed E-state index contributed by atoms with van der Waals surface area (Å²) in [4.78, 5) is 11.9. The standard InChI is InChI=1S/C12H18N2O4S/c1-3-19(16,17)10-6-4-9(5-7-10)14-12(15)11(8-13)18-2/h4-7,11H,3,8,13H2,1-2H3,(H,14,15). The molecule has 0 fully saturated rings. The second-order valence-corrected chi connectivity index (χ2v) is 6.16. The van der Waals surface area contributed by atoms with Crippen LogP contribution >= 0.6 is 0 Å². The van der Waals surface area contributed by atoms with Crippen LogP contribution < -0.4 is 11.1 Å². The molecule has 0 spiro atoms. The molecule has 106 valence electrons. The van der Waals surface area contributed by atoms with Crippen LogP contribution in [0.15, 0.2) is 29.2 Å². The molecule has 1 aromatic rings. The molecule has 1 rings (SSSR count). The first-order chi connectivity index (χ1) is 8.94. The molecule has 3 N–H and O–H groups in total. The third kappa shape index (κ3) is 4.02. The Morgan fingerprint density at radius 1 is 1.37 bits per heavy atom. The van der Waals surface area contributed by atoms with E-state index in [-0.39, 0.29) is 23.1 Å². The largest absolute Gasteiger partial charge is 0.370 e. The van der Waals surface area contributed by atoms with Gasteiger partial charge in [-0.3, -0.25) is 4.79 Å². The molecule has 0 saturated carbocycles. The molecule has 1 unspecified atom stereocenters. The Balaban J connectivity index is 2.81. The van der Waals surface area contributed by atoms with E-state index < -0.39 is 15.9 Å². The molecule has 0 bridgehead atoms. The minimum absolute atomic E-state index is 0.0393. The minimum atomic E-state index is -3.23. The number of hydrogen-bond donors (Lipinski definition) is 2. The SMILES string of the molecule is CCS(=O)(=O)c1ccc(NC(=O)C(CN)OC)cc1. The van der Waals surface area contributed by atoms with Gasteiger partial charge in [0.05, 0.1) is 10.6 Å². The molecule has 0 aliphatic heterocycles. The zero-order valence-corrected chi connectivity index (χ0v) is 11.7. The van der Waals surface area contributed by atoms with Crippen molar-refractivity contribution in [3.8, 4) is 0 Å². The topological polar surface area (TPSA) is 98.5 Å². The number of methoxy groups -OCH3 is 1. The van der Waals surface area contributed by atoms with Crippen LogP contribution in [0.2, 0.25) is 0 Å². The molecule has 1 amide bonds. The van der Waals surface area contributed by atoms with Crippen LogP contribution in [0.1, 0.15) is 6.92 Å². The van der Waals surface area contributed by atoms with Crippen LogP contribution in [0.5, 0.6) is 0 Å². The lowest BCUT2D eigenvalue weighted by Gasteiger charge is -2.13. The van der Waals surface area contributed by atoms with Crippen molar-refractivity contribution in [1.82, 2.24) is 0 Å². The zero-order valence-electron chi connectivity index (χ0n) is 10.9. The summed E-state index contributed by atoms with van der Waals surface area (Å²) in [5.74, 6) is -0.325. The van der Waals surface area contributed by atoms with E-state index in [1.165, 1.54) is 31.4 Å². The van der Waals surface area contributed by atoms with Gasteiger partial charge in [0.2, 0.25) is 0 Å². The Morgan fingerprint density at radius 2 is 1.95 bits per heavy atom. The van der Waals surface area contributed by atoms with E-state index in [4.69, 9.17) is 10.5 Å². The van der Waals surface area contributed by atoms with E-state index >= 15 is 0 Å². The van der Waals surface area contributed by atoms with Crippen LogP contribution in [0, 0.1) is 0 Å². The van der Waals surface area contributed by atoms with Crippen molar-refractivity contribution in [2.24, 2.45) is 5.73 Å². The smallest absolute Gasteiger partial charge is 0.254 e. The van der Waals surface area contributed by atoms with Crippen LogP contribution in [-0.2, 0) is 19.4 Å². The number of carbonyl (C=O) groups is 1. The van der Waals surface area contributed by atoms with E-state index in [1.54, 1.807) is 6.92 Å². The van der Waals surface area contributed by atoms with E-state index in [0.717, 1.165) is 0 Å². The summed E-state index contributed by atoms with van der Waals surface area (Å²) in [7, 11) is -1.83. The van der Waals surface area contributed by atoms with Crippen molar-refractivity contribution in [2.75, 3.05) is 24.7 Å². The van der Waals surface area contributed by atoms with Gasteiger partial charge in [-0.05, 0) is 24.3 Å². The predicted octanol–water partition coefficient (Wildman–Crippen LogP) is 0.392. The van der Waals surface area contributed by atoms with Crippen molar-refractivity contribution in [3.05, 3.63) is 24.3 Å². The Bertz CT molecular complexity index is 521. The molecule has 0 radical (unpaired) electrons. The molecule has 0 aliphatic carbocycles. The van der Waals surface area contributed by atoms with Gasteiger partial charge in [0.1, 0.15) is 6.10 Å². The molecular weight excluding hydrogens is 268 g/mol. The predicted molar refractivity (Wildman–Crippen MR) is 72.6 cm³/mol. The van der Waals surface area contributed by atoms with Crippen LogP contribution in [-0.4, -0.2) is 39.8 Å². The number of amides is 1. The third-order valence-corrected chi connectivity index (χ3v) is 4.40. The van der Waals surface area contributed by atoms with Crippen LogP contribution in [0.4, 0.5) is 5.69 Å². The number of rotatable bonds is 6. The Kier molecular flexibility index (Phi) is 5.46. The molecular formula is C12H18N2O4S. The van der Waals surface area contributed by atoms with Crippen LogP contribution in [0.3, 0.4) is 0 Å². The van der Waals surface area contributed by atoms with Gasteiger partial charge in [0.25, 0.3) is 5.91 Å². The van der Waals surface area contributed by atoms with Gasteiger partial charge in [-0.1, -0.05) is 6.92 Å². The van der Waals surface area contributed by atoms with Gasteiger partial charge < -0.3 is 15.8 Å². The number of sulfone groups is 1. The summed E-state index contributed by atoms with van der Waals surface area (Å²) in [5.41, 5.74) is 5.87. The molecule has 1 atom stereocenters. The number of nitrogens with one attached hydrogen (secondary N) is 1. The van der Waals surface area contributed by atoms with E-state index in [9.17, 15) is 13.2 Å². The Hall–Kier alpha value is -1.44. The van der Waals surface area contributed by atoms with E-state index in [2.05, 4.69) is 5.32 Å². The molecule has 0 aliphatic rings. The first kappa shape index (κ1) is 15.6. The highest BCUT2D eigenvalue weighted by molar-refractivity contribution is 7.91. The summed E-state index contributed by atoms with van der Waals surface area (Å²) in [6.45, 7) is 1.65. The second kappa shape index (κ2) is 6.65. The maximum absolute atomic E-state index is 11.7. The molecule has 7 heteroatoms. The summed E-state index contributed by atoms with van der Waals surface area (Å²) >= 11 is 0. The zero-order chi connectivity index (χ0) is 14.5. The van der Waals surface area contributed by atoms with Crippen molar-refractivity contribution in [3.63, 3.8) is 0 Å². The van der Waals surface area contributed by atoms with Crippen molar-refractivity contribution < 1.29 is 17.9 Å². The van der Waals surface area contributed by atoms with E-state index in [1.807, 2.05) is 0 Å². The molecule has 0 heterocycles. The van der Waals surface area contributed by atoms with Crippen molar-refractivity contribution >= 4 is 21.4 Å². The van der Waals surface area contributed by atoms with Crippen molar-refractivity contribution in [2.45, 2.75) is 17.9 Å². The number of benzene rings is 1. The highest BCUT2D eigenvalue weighted by Gasteiger charge is 2.16. The minimum Gasteiger partial charge on any atom is -0.370 e. The maximum atomic E-state index is 11.7. The number of nitrogens with two attached hydrogens (primary N) is 1. The van der Waals surface area contributed by atoms with Gasteiger partial charge in [-0.15, -0.1) is 0 Å². The lowest BCUT2D eigenvalue weighted by atomic mass is 10.3. The average Bonchev–Trinajstić information content (AvgIpc) is 2.40. The normalized spacial score (nSPS) is 13.0. The summed E-state index contributed by atoms with van der Waals surface area (Å²) < 4.78 is 28.1. The molecule has 1 aromatic carbocycles. The first-order valence-electron chi connectivity index (χ1n) is 5.81. The average molecular weight is 286 g/mol. The number of hydrogen-bond acceptors (Lipinski definition) is 5. The fourth-order valence-corrected chi connectivity index (χ4v) is 2.33. The monoisotopic (exact) mass is 286 g/mol. The molecule has 0 aromatic heterocycles. The third-order valence-electron chi connectivity index (χ3n) is 2.65. The van der Waals surface area contributed by atoms with Crippen LogP contribution in [0.25, 0.3) is 0 Å². The Morgan fingerprint density at radius 3 is 2.37 bits per heavy atom. The fraction of sp³-hybridized carbons (Fsp3) is 0.417. The lowest BCUT2D eigenvalue weighted by molar-refractivity contribution is -0.125. The highest BCUT2D eigenvalue weighted by atomic mass is 32.2. The summed E-state index contributed by atoms with van der Waals surface area (Å²) in [5, 5.41) is 2.60. The quantitative estimate of drug-likeness (QED) is 0.788. The maximum Gasteiger partial charge on any atom is 0.254 e. The number of carbonyl (C=O) groups excluding carboxylic acids is 1. The lowest BCUT2D eigenvalue weighted by Crippen LogP contribution is -2.35. The molecule has 19 heavy (non-hydrogen) atoms. The van der Waals surface area contributed by atoms with E-state index in [0.29, 0.717) is 5.69 Å². The highest BCUT2D eigenvalue weighted by Crippen LogP contribution is 2.15. The number of ether oxygens (including phenoxy) is 1. The first-order valence-corrected chi connectivity index (χ1v) is 7.46. The summed E-state index contributed by atoms with van der Waals surface area (Å²) in [6, 6.07) is 5.98. The fourth-order valence-electron chi connectivity index (χ4n) is 1.45. The molecule has 6 nitrogen and oxygen atoms in total.